The Labute approximate surface area is 119 Å². The van der Waals surface area contributed by atoms with Gasteiger partial charge in [0.15, 0.2) is 6.10 Å². The van der Waals surface area contributed by atoms with Crippen molar-refractivity contribution in [1.82, 2.24) is 5.32 Å². The number of carbonyl (C=O) groups excluding carboxylic acids is 1. The Bertz CT molecular complexity index is 465. The first-order valence-corrected chi connectivity index (χ1v) is 6.65. The molecule has 2 atom stereocenters. The van der Waals surface area contributed by atoms with Crippen molar-refractivity contribution in [2.75, 3.05) is 6.61 Å². The van der Waals surface area contributed by atoms with E-state index in [9.17, 15) is 4.79 Å². The molecule has 1 aromatic rings. The Morgan fingerprint density at radius 1 is 1.40 bits per heavy atom. The van der Waals surface area contributed by atoms with Gasteiger partial charge in [-0.25, -0.2) is 0 Å². The number of benzene rings is 1. The Morgan fingerprint density at radius 3 is 2.60 bits per heavy atom. The number of nitrogens with one attached hydrogen (secondary N) is 1. The fourth-order valence-corrected chi connectivity index (χ4v) is 1.70. The summed E-state index contributed by atoms with van der Waals surface area (Å²) in [6.45, 7) is 3.69. The lowest BCUT2D eigenvalue weighted by Gasteiger charge is -2.18. The van der Waals surface area contributed by atoms with E-state index in [0.717, 1.165) is 6.42 Å². The quantitative estimate of drug-likeness (QED) is 0.792. The van der Waals surface area contributed by atoms with Crippen molar-refractivity contribution < 1.29 is 14.6 Å². The standard InChI is InChI=1S/C15H20N2O3/c1-11(4-3-9-18)17-15(19)12(2)20-14-7-5-13(10-16)6-8-14/h5-8,11-12,18H,3-4,9H2,1-2H3,(H,17,19). The van der Waals surface area contributed by atoms with E-state index in [-0.39, 0.29) is 18.6 Å². The van der Waals surface area contributed by atoms with Gasteiger partial charge in [0.25, 0.3) is 5.91 Å². The molecule has 0 fully saturated rings. The number of nitriles is 1. The van der Waals surface area contributed by atoms with E-state index in [1.165, 1.54) is 0 Å². The van der Waals surface area contributed by atoms with Crippen LogP contribution in [0.4, 0.5) is 0 Å². The van der Waals surface area contributed by atoms with Gasteiger partial charge in [0.05, 0.1) is 11.6 Å². The normalized spacial score (nSPS) is 13.1. The average Bonchev–Trinajstić information content (AvgIpc) is 2.45. The minimum absolute atomic E-state index is 0.00154. The highest BCUT2D eigenvalue weighted by Crippen LogP contribution is 2.13. The lowest BCUT2D eigenvalue weighted by molar-refractivity contribution is -0.127. The number of hydrogen-bond acceptors (Lipinski definition) is 4. The molecule has 0 aliphatic carbocycles. The number of hydrogen-bond donors (Lipinski definition) is 2. The van der Waals surface area contributed by atoms with Crippen LogP contribution in [0.2, 0.25) is 0 Å². The number of amides is 1. The molecule has 5 nitrogen and oxygen atoms in total. The van der Waals surface area contributed by atoms with Crippen molar-refractivity contribution in [2.45, 2.75) is 38.8 Å². The van der Waals surface area contributed by atoms with E-state index in [1.807, 2.05) is 13.0 Å². The third kappa shape index (κ3) is 5.29. The highest BCUT2D eigenvalue weighted by Gasteiger charge is 2.16. The van der Waals surface area contributed by atoms with Gasteiger partial charge < -0.3 is 15.2 Å². The minimum Gasteiger partial charge on any atom is -0.481 e. The summed E-state index contributed by atoms with van der Waals surface area (Å²) in [7, 11) is 0. The molecule has 0 spiro atoms. The largest absolute Gasteiger partial charge is 0.481 e. The fraction of sp³-hybridized carbons (Fsp3) is 0.467. The first-order chi connectivity index (χ1) is 9.56. The van der Waals surface area contributed by atoms with Crippen LogP contribution in [0.3, 0.4) is 0 Å². The molecule has 5 heteroatoms. The maximum absolute atomic E-state index is 11.9. The van der Waals surface area contributed by atoms with Crippen molar-refractivity contribution in [1.29, 1.82) is 5.26 Å². The van der Waals surface area contributed by atoms with Crippen LogP contribution in [0.25, 0.3) is 0 Å². The Hall–Kier alpha value is -2.06. The van der Waals surface area contributed by atoms with Gasteiger partial charge >= 0.3 is 0 Å². The molecule has 0 saturated carbocycles. The highest BCUT2D eigenvalue weighted by molar-refractivity contribution is 5.80. The molecule has 0 heterocycles. The smallest absolute Gasteiger partial charge is 0.260 e. The zero-order chi connectivity index (χ0) is 15.0. The van der Waals surface area contributed by atoms with Crippen molar-refractivity contribution in [3.63, 3.8) is 0 Å². The van der Waals surface area contributed by atoms with E-state index in [0.29, 0.717) is 17.7 Å². The summed E-state index contributed by atoms with van der Waals surface area (Å²) in [4.78, 5) is 11.9. The maximum Gasteiger partial charge on any atom is 0.260 e. The van der Waals surface area contributed by atoms with E-state index < -0.39 is 6.10 Å². The molecule has 0 bridgehead atoms. The first kappa shape index (κ1) is 16.0. The van der Waals surface area contributed by atoms with Crippen LogP contribution in [0.5, 0.6) is 5.75 Å². The zero-order valence-electron chi connectivity index (χ0n) is 11.8. The topological polar surface area (TPSA) is 82.3 Å². The molecule has 108 valence electrons. The minimum atomic E-state index is -0.612. The summed E-state index contributed by atoms with van der Waals surface area (Å²) in [6.07, 6.45) is 0.775. The van der Waals surface area contributed by atoms with Crippen molar-refractivity contribution in [2.24, 2.45) is 0 Å². The molecule has 2 N–H and O–H groups in total. The molecule has 1 aromatic carbocycles. The Kier molecular flexibility index (Phi) is 6.54. The first-order valence-electron chi connectivity index (χ1n) is 6.65. The molecule has 2 unspecified atom stereocenters. The third-order valence-corrected chi connectivity index (χ3v) is 2.85. The van der Waals surface area contributed by atoms with Crippen molar-refractivity contribution in [3.05, 3.63) is 29.8 Å². The van der Waals surface area contributed by atoms with Gasteiger partial charge in [-0.3, -0.25) is 4.79 Å². The maximum atomic E-state index is 11.9. The van der Waals surface area contributed by atoms with Gasteiger partial charge in [-0.05, 0) is 51.0 Å². The van der Waals surface area contributed by atoms with Crippen LogP contribution < -0.4 is 10.1 Å². The van der Waals surface area contributed by atoms with Crippen LogP contribution in [0, 0.1) is 11.3 Å². The molecule has 0 saturated heterocycles. The van der Waals surface area contributed by atoms with Gasteiger partial charge in [-0.1, -0.05) is 0 Å². The number of nitrogens with zero attached hydrogens (tertiary/aromatic N) is 1. The molecule has 0 aromatic heterocycles. The number of rotatable bonds is 7. The van der Waals surface area contributed by atoms with Crippen LogP contribution in [-0.2, 0) is 4.79 Å². The zero-order valence-corrected chi connectivity index (χ0v) is 11.8. The van der Waals surface area contributed by atoms with E-state index in [2.05, 4.69) is 5.32 Å². The summed E-state index contributed by atoms with van der Waals surface area (Å²) in [5.74, 6) is 0.356. The SMILES string of the molecule is CC(CCCO)NC(=O)C(C)Oc1ccc(C#N)cc1. The van der Waals surface area contributed by atoms with Gasteiger partial charge in [0.1, 0.15) is 5.75 Å². The predicted octanol–water partition coefficient (Wildman–Crippen LogP) is 1.60. The summed E-state index contributed by atoms with van der Waals surface area (Å²) < 4.78 is 5.51. The molecule has 0 radical (unpaired) electrons. The Balaban J connectivity index is 2.46. The number of carbonyl (C=O) groups is 1. The van der Waals surface area contributed by atoms with Gasteiger partial charge in [0.2, 0.25) is 0 Å². The van der Waals surface area contributed by atoms with E-state index in [1.54, 1.807) is 31.2 Å². The van der Waals surface area contributed by atoms with Crippen molar-refractivity contribution in [3.8, 4) is 11.8 Å². The van der Waals surface area contributed by atoms with Crippen LogP contribution >= 0.6 is 0 Å². The molecular formula is C15H20N2O3. The van der Waals surface area contributed by atoms with Gasteiger partial charge in [-0.2, -0.15) is 5.26 Å². The molecule has 20 heavy (non-hydrogen) atoms. The molecule has 1 rings (SSSR count). The second-order valence-electron chi connectivity index (χ2n) is 4.67. The van der Waals surface area contributed by atoms with Crippen LogP contribution in [0.15, 0.2) is 24.3 Å². The summed E-state index contributed by atoms with van der Waals surface area (Å²) in [5.41, 5.74) is 0.548. The van der Waals surface area contributed by atoms with E-state index >= 15 is 0 Å². The molecule has 0 aliphatic heterocycles. The predicted molar refractivity (Wildman–Crippen MR) is 75.2 cm³/mol. The van der Waals surface area contributed by atoms with E-state index in [4.69, 9.17) is 15.1 Å². The third-order valence-electron chi connectivity index (χ3n) is 2.85. The number of aliphatic hydroxyl groups excluding tert-OH is 1. The average molecular weight is 276 g/mol. The Morgan fingerprint density at radius 2 is 2.05 bits per heavy atom. The van der Waals surface area contributed by atoms with Gasteiger partial charge in [0, 0.05) is 12.6 Å². The lowest BCUT2D eigenvalue weighted by Crippen LogP contribution is -2.41. The molecule has 1 amide bonds. The second kappa shape index (κ2) is 8.18. The van der Waals surface area contributed by atoms with Crippen molar-refractivity contribution >= 4 is 5.91 Å². The molecule has 0 aliphatic rings. The monoisotopic (exact) mass is 276 g/mol. The van der Waals surface area contributed by atoms with Gasteiger partial charge in [-0.15, -0.1) is 0 Å². The van der Waals surface area contributed by atoms with Crippen LogP contribution in [0.1, 0.15) is 32.3 Å². The summed E-state index contributed by atoms with van der Waals surface area (Å²) >= 11 is 0. The fourth-order valence-electron chi connectivity index (χ4n) is 1.70. The molecular weight excluding hydrogens is 256 g/mol. The summed E-state index contributed by atoms with van der Waals surface area (Å²) in [6, 6.07) is 8.64. The highest BCUT2D eigenvalue weighted by atomic mass is 16.5. The van der Waals surface area contributed by atoms with Crippen LogP contribution in [-0.4, -0.2) is 29.8 Å². The summed E-state index contributed by atoms with van der Waals surface area (Å²) in [5, 5.41) is 20.3. The number of aliphatic hydroxyl groups is 1. The lowest BCUT2D eigenvalue weighted by atomic mass is 10.2. The number of ether oxygens (including phenoxy) is 1. The second-order valence-corrected chi connectivity index (χ2v) is 4.67.